The van der Waals surface area contributed by atoms with Crippen LogP contribution in [0.25, 0.3) is 0 Å². The van der Waals surface area contributed by atoms with Crippen molar-refractivity contribution in [2.24, 2.45) is 0 Å². The smallest absolute Gasteiger partial charge is 0.379 e. The largest absolute Gasteiger partial charge is 0.472 e. The molecule has 0 aliphatic carbocycles. The fourth-order valence-corrected chi connectivity index (χ4v) is 7.90. The van der Waals surface area contributed by atoms with Crippen LogP contribution in [0.15, 0.2) is 0 Å². The molecule has 0 radical (unpaired) electrons. The third-order valence-corrected chi connectivity index (χ3v) is 10.6. The van der Waals surface area contributed by atoms with Crippen molar-refractivity contribution in [3.8, 4) is 0 Å². The number of hydrogen-bond donors (Lipinski definition) is 2. The number of phosphoric ester groups is 2. The first-order valence-corrected chi connectivity index (χ1v) is 21.8. The zero-order valence-corrected chi connectivity index (χ0v) is 32.7. The first-order chi connectivity index (χ1) is 21.9. The Hall–Kier alpha value is 0.140. The number of carbonyl (C=O) groups excluding carboxylic acids is 2. The molecule has 0 saturated heterocycles. The van der Waals surface area contributed by atoms with E-state index in [1.807, 2.05) is 0 Å². The second-order valence-corrected chi connectivity index (χ2v) is 18.1. The predicted octanol–water partition coefficient (Wildman–Crippen LogP) is 7.32. The Morgan fingerprint density at radius 2 is 0.894 bits per heavy atom. The van der Waals surface area contributed by atoms with Crippen LogP contribution in [0.3, 0.4) is 0 Å². The minimum absolute atomic E-state index is 0.0676. The van der Waals surface area contributed by atoms with Crippen molar-refractivity contribution in [3.63, 3.8) is 0 Å². The van der Waals surface area contributed by atoms with Crippen LogP contribution >= 0.6 is 37.2 Å². The van der Waals surface area contributed by atoms with E-state index in [4.69, 9.17) is 32.3 Å². The van der Waals surface area contributed by atoms with E-state index < -0.39 is 26.8 Å². The topological polar surface area (TPSA) is 173 Å². The van der Waals surface area contributed by atoms with Gasteiger partial charge in [0.05, 0.1) is 57.5 Å². The molecule has 13 nitrogen and oxygen atoms in total. The van der Waals surface area contributed by atoms with E-state index in [1.165, 1.54) is 0 Å². The third-order valence-electron chi connectivity index (χ3n) is 5.62. The van der Waals surface area contributed by atoms with Crippen LogP contribution in [0.4, 0.5) is 0 Å². The monoisotopic (exact) mass is 754 g/mol. The lowest BCUT2D eigenvalue weighted by molar-refractivity contribution is -0.119. The van der Waals surface area contributed by atoms with Gasteiger partial charge in [0.1, 0.15) is 11.6 Å². The standard InChI is InChI=1S/C30H60O13P2S2/c1-29(2,3)42-44(33,34)40-18-11-9-7-8-10-13-27(31)15-25-46-47-26-16-28(32)14-12-17-37-19-20-38-21-22-39-23-24-41-45(35,36)43-30(4,5)6/h7-26H2,1-6H3,(H,33,34)(H,35,36). The summed E-state index contributed by atoms with van der Waals surface area (Å²) in [5.41, 5.74) is -1.53. The summed E-state index contributed by atoms with van der Waals surface area (Å²) in [6.45, 7) is 12.3. The Bertz CT molecular complexity index is 926. The van der Waals surface area contributed by atoms with Gasteiger partial charge in [-0.15, -0.1) is 0 Å². The molecular weight excluding hydrogens is 694 g/mol. The summed E-state index contributed by atoms with van der Waals surface area (Å²) < 4.78 is 59.5. The van der Waals surface area contributed by atoms with Crippen LogP contribution in [-0.4, -0.2) is 96.9 Å². The summed E-state index contributed by atoms with van der Waals surface area (Å²) in [5.74, 6) is 1.92. The lowest BCUT2D eigenvalue weighted by Gasteiger charge is -2.22. The molecule has 0 aromatic carbocycles. The Labute approximate surface area is 290 Å². The average molecular weight is 755 g/mol. The van der Waals surface area contributed by atoms with Crippen LogP contribution in [0.5, 0.6) is 0 Å². The van der Waals surface area contributed by atoms with Gasteiger partial charge in [-0.05, 0) is 60.8 Å². The summed E-state index contributed by atoms with van der Waals surface area (Å²) in [4.78, 5) is 43.4. The molecule has 0 bridgehead atoms. The van der Waals surface area contributed by atoms with E-state index in [-0.39, 0.29) is 31.4 Å². The molecule has 2 unspecified atom stereocenters. The molecule has 0 heterocycles. The molecule has 0 aromatic heterocycles. The summed E-state index contributed by atoms with van der Waals surface area (Å²) in [6.07, 6.45) is 6.98. The average Bonchev–Trinajstić information content (AvgIpc) is 2.91. The van der Waals surface area contributed by atoms with Crippen molar-refractivity contribution in [2.75, 3.05) is 64.4 Å². The fourth-order valence-electron chi connectivity index (χ4n) is 3.68. The number of phosphoric acid groups is 2. The van der Waals surface area contributed by atoms with E-state index in [0.29, 0.717) is 71.6 Å². The van der Waals surface area contributed by atoms with E-state index in [2.05, 4.69) is 0 Å². The minimum Gasteiger partial charge on any atom is -0.379 e. The number of ketones is 2. The number of unbranched alkanes of at least 4 members (excludes halogenated alkanes) is 4. The quantitative estimate of drug-likeness (QED) is 0.0397. The maximum Gasteiger partial charge on any atom is 0.472 e. The van der Waals surface area contributed by atoms with Crippen molar-refractivity contribution in [3.05, 3.63) is 0 Å². The Balaban J connectivity index is 3.46. The highest BCUT2D eigenvalue weighted by atomic mass is 33.1. The summed E-state index contributed by atoms with van der Waals surface area (Å²) in [7, 11) is -4.87. The molecule has 17 heteroatoms. The van der Waals surface area contributed by atoms with Gasteiger partial charge in [0.25, 0.3) is 0 Å². The third kappa shape index (κ3) is 35.8. The zero-order valence-electron chi connectivity index (χ0n) is 29.2. The maximum absolute atomic E-state index is 12.1. The molecule has 0 rings (SSSR count). The van der Waals surface area contributed by atoms with E-state index in [1.54, 1.807) is 63.1 Å². The van der Waals surface area contributed by atoms with Gasteiger partial charge in [-0.3, -0.25) is 27.7 Å². The molecule has 2 atom stereocenters. The van der Waals surface area contributed by atoms with E-state index in [9.17, 15) is 28.5 Å². The van der Waals surface area contributed by atoms with Gasteiger partial charge in [0.2, 0.25) is 0 Å². The molecule has 280 valence electrons. The van der Waals surface area contributed by atoms with Crippen molar-refractivity contribution >= 4 is 48.8 Å². The van der Waals surface area contributed by atoms with Gasteiger partial charge in [0.15, 0.2) is 0 Å². The second kappa shape index (κ2) is 26.9. The predicted molar refractivity (Wildman–Crippen MR) is 187 cm³/mol. The lowest BCUT2D eigenvalue weighted by atomic mass is 10.1. The number of carbonyl (C=O) groups is 2. The Morgan fingerprint density at radius 3 is 1.38 bits per heavy atom. The minimum atomic E-state index is -4.10. The molecule has 0 spiro atoms. The summed E-state index contributed by atoms with van der Waals surface area (Å²) in [5, 5.41) is 0. The van der Waals surface area contributed by atoms with Crippen LogP contribution in [0.1, 0.15) is 106 Å². The number of hydrogen-bond acceptors (Lipinski definition) is 13. The molecule has 0 fully saturated rings. The molecule has 0 saturated carbocycles. The molecule has 47 heavy (non-hydrogen) atoms. The Morgan fingerprint density at radius 1 is 0.511 bits per heavy atom. The van der Waals surface area contributed by atoms with E-state index >= 15 is 0 Å². The maximum atomic E-state index is 12.1. The van der Waals surface area contributed by atoms with Gasteiger partial charge < -0.3 is 24.0 Å². The SMILES string of the molecule is CC(C)(C)OP(=O)(O)OCCCCCCCC(=O)CCSSCCC(=O)CCCOCCOCCOCCOP(=O)(O)OC(C)(C)C. The highest BCUT2D eigenvalue weighted by Gasteiger charge is 2.29. The van der Waals surface area contributed by atoms with Gasteiger partial charge in [0, 0.05) is 43.8 Å². The molecule has 0 aliphatic heterocycles. The zero-order chi connectivity index (χ0) is 35.7. The van der Waals surface area contributed by atoms with Crippen LogP contribution in [0, 0.1) is 0 Å². The van der Waals surface area contributed by atoms with Crippen LogP contribution in [0.2, 0.25) is 0 Å². The summed E-state index contributed by atoms with van der Waals surface area (Å²) in [6, 6.07) is 0. The number of Topliss-reactive ketones (excluding diaryl/α,β-unsaturated/α-hetero) is 2. The van der Waals surface area contributed by atoms with Crippen molar-refractivity contribution in [1.82, 2.24) is 0 Å². The first kappa shape index (κ1) is 47.1. The van der Waals surface area contributed by atoms with Crippen molar-refractivity contribution in [2.45, 2.75) is 117 Å². The molecule has 0 aliphatic rings. The fraction of sp³-hybridized carbons (Fsp3) is 0.933. The van der Waals surface area contributed by atoms with Gasteiger partial charge in [-0.2, -0.15) is 0 Å². The van der Waals surface area contributed by atoms with Gasteiger partial charge >= 0.3 is 15.6 Å². The molecule has 2 N–H and O–H groups in total. The highest BCUT2D eigenvalue weighted by molar-refractivity contribution is 8.76. The van der Waals surface area contributed by atoms with E-state index in [0.717, 1.165) is 37.2 Å². The van der Waals surface area contributed by atoms with Crippen LogP contribution in [-0.2, 0) is 51.0 Å². The number of rotatable bonds is 32. The first-order valence-electron chi connectivity index (χ1n) is 16.3. The van der Waals surface area contributed by atoms with Crippen molar-refractivity contribution in [1.29, 1.82) is 0 Å². The van der Waals surface area contributed by atoms with Crippen molar-refractivity contribution < 1.29 is 60.8 Å². The van der Waals surface area contributed by atoms with Crippen LogP contribution < -0.4 is 0 Å². The van der Waals surface area contributed by atoms with Gasteiger partial charge in [-0.1, -0.05) is 40.9 Å². The molecule has 0 amide bonds. The normalized spacial score (nSPS) is 15.0. The van der Waals surface area contributed by atoms with Gasteiger partial charge in [-0.25, -0.2) is 9.13 Å². The highest BCUT2D eigenvalue weighted by Crippen LogP contribution is 2.47. The number of ether oxygens (including phenoxy) is 3. The summed E-state index contributed by atoms with van der Waals surface area (Å²) >= 11 is 0. The molecule has 0 aromatic rings. The molecular formula is C30H60O13P2S2. The second-order valence-electron chi connectivity index (χ2n) is 12.7. The Kier molecular flexibility index (Phi) is 27.0. The lowest BCUT2D eigenvalue weighted by Crippen LogP contribution is -2.19.